The van der Waals surface area contributed by atoms with Gasteiger partial charge in [0, 0.05) is 6.04 Å². The molecule has 4 nitrogen and oxygen atoms in total. The molecule has 0 radical (unpaired) electrons. The smallest absolute Gasteiger partial charge is 0.271 e. The summed E-state index contributed by atoms with van der Waals surface area (Å²) in [5.41, 5.74) is 5.66. The Morgan fingerprint density at radius 3 is 2.38 bits per heavy atom. The first kappa shape index (κ1) is 11.2. The first-order valence-electron chi connectivity index (χ1n) is 4.89. The van der Waals surface area contributed by atoms with Crippen molar-refractivity contribution in [2.24, 2.45) is 5.50 Å². The van der Waals surface area contributed by atoms with E-state index in [0.29, 0.717) is 6.04 Å². The highest BCUT2D eigenvalue weighted by Crippen LogP contribution is 2.39. The van der Waals surface area contributed by atoms with Crippen LogP contribution in [0.2, 0.25) is 0 Å². The summed E-state index contributed by atoms with van der Waals surface area (Å²) in [5.74, 6) is 0. The maximum absolute atomic E-state index is 11.8. The van der Waals surface area contributed by atoms with Crippen LogP contribution in [0.1, 0.15) is 32.1 Å². The van der Waals surface area contributed by atoms with E-state index in [1.54, 1.807) is 7.05 Å². The van der Waals surface area contributed by atoms with Crippen molar-refractivity contribution in [3.05, 3.63) is 0 Å². The van der Waals surface area contributed by atoms with E-state index in [-0.39, 0.29) is 0 Å². The number of hydrogen-bond donors (Lipinski definition) is 2. The molecular formula is C8H20N3OP. The van der Waals surface area contributed by atoms with Crippen LogP contribution in [-0.4, -0.2) is 24.8 Å². The topological polar surface area (TPSA) is 58.4 Å². The predicted molar refractivity (Wildman–Crippen MR) is 55.5 cm³/mol. The lowest BCUT2D eigenvalue weighted by Gasteiger charge is -2.34. The number of hydrogen-bond acceptors (Lipinski definition) is 1. The lowest BCUT2D eigenvalue weighted by atomic mass is 9.96. The number of rotatable bonds is 3. The fourth-order valence-electron chi connectivity index (χ4n) is 1.86. The Labute approximate surface area is 80.4 Å². The first-order chi connectivity index (χ1) is 6.08. The zero-order valence-corrected chi connectivity index (χ0v) is 9.39. The van der Waals surface area contributed by atoms with Gasteiger partial charge in [-0.25, -0.2) is 9.76 Å². The van der Waals surface area contributed by atoms with Gasteiger partial charge < -0.3 is 0 Å². The van der Waals surface area contributed by atoms with Gasteiger partial charge in [-0.1, -0.05) is 19.3 Å². The van der Waals surface area contributed by atoms with E-state index in [9.17, 15) is 4.57 Å². The van der Waals surface area contributed by atoms with Gasteiger partial charge in [0.15, 0.2) is 0 Å². The van der Waals surface area contributed by atoms with Gasteiger partial charge >= 0.3 is 0 Å². The molecule has 1 aliphatic carbocycles. The third kappa shape index (κ3) is 2.78. The fourth-order valence-corrected chi connectivity index (χ4v) is 2.89. The molecule has 78 valence electrons. The molecule has 1 aliphatic rings. The van der Waals surface area contributed by atoms with Gasteiger partial charge in [-0.05, 0) is 26.9 Å². The van der Waals surface area contributed by atoms with E-state index in [1.165, 1.54) is 19.3 Å². The monoisotopic (exact) mass is 205 g/mol. The lowest BCUT2D eigenvalue weighted by molar-refractivity contribution is 0.281. The molecule has 0 saturated heterocycles. The van der Waals surface area contributed by atoms with Crippen molar-refractivity contribution < 1.29 is 4.57 Å². The highest BCUT2D eigenvalue weighted by molar-refractivity contribution is 7.56. The molecule has 13 heavy (non-hydrogen) atoms. The van der Waals surface area contributed by atoms with E-state index in [1.807, 2.05) is 11.7 Å². The molecule has 0 spiro atoms. The number of nitrogens with zero attached hydrogens (tertiary/aromatic N) is 1. The molecule has 0 bridgehead atoms. The zero-order valence-electron chi connectivity index (χ0n) is 8.49. The first-order valence-corrected chi connectivity index (χ1v) is 6.62. The van der Waals surface area contributed by atoms with Crippen LogP contribution in [0.4, 0.5) is 0 Å². The molecular weight excluding hydrogens is 185 g/mol. The van der Waals surface area contributed by atoms with Crippen LogP contribution in [0.3, 0.4) is 0 Å². The zero-order chi connectivity index (χ0) is 9.90. The Morgan fingerprint density at radius 2 is 1.92 bits per heavy atom. The number of nitrogens with one attached hydrogen (secondary N) is 1. The highest BCUT2D eigenvalue weighted by atomic mass is 31.2. The third-order valence-electron chi connectivity index (χ3n) is 2.89. The Balaban J connectivity index is 2.54. The Hall–Kier alpha value is 0.110. The van der Waals surface area contributed by atoms with Crippen molar-refractivity contribution in [2.75, 3.05) is 14.1 Å². The van der Waals surface area contributed by atoms with Crippen LogP contribution in [-0.2, 0) is 4.57 Å². The summed E-state index contributed by atoms with van der Waals surface area (Å²) < 4.78 is 13.6. The van der Waals surface area contributed by atoms with E-state index in [0.717, 1.165) is 12.8 Å². The Bertz CT molecular complexity index is 204. The standard InChI is InChI=1S/C8H20N3OP/c1-10-13(9,12)11(2)8-6-4-3-5-7-8/h8H,3-7H2,1-2H3,(H3,9,10,12). The number of nitrogens with two attached hydrogens (primary N) is 1. The van der Waals surface area contributed by atoms with Gasteiger partial charge in [-0.15, -0.1) is 0 Å². The molecule has 0 aromatic carbocycles. The minimum atomic E-state index is -2.75. The second-order valence-electron chi connectivity index (χ2n) is 3.71. The van der Waals surface area contributed by atoms with Crippen LogP contribution < -0.4 is 10.6 Å². The molecule has 0 aromatic rings. The van der Waals surface area contributed by atoms with E-state index in [2.05, 4.69) is 5.09 Å². The van der Waals surface area contributed by atoms with Gasteiger partial charge in [0.2, 0.25) is 0 Å². The van der Waals surface area contributed by atoms with Crippen LogP contribution >= 0.6 is 7.59 Å². The molecule has 1 rings (SSSR count). The summed E-state index contributed by atoms with van der Waals surface area (Å²) in [6, 6.07) is 0.400. The Kier molecular flexibility index (Phi) is 3.92. The van der Waals surface area contributed by atoms with Gasteiger partial charge in [-0.3, -0.25) is 10.1 Å². The largest absolute Gasteiger partial charge is 0.278 e. The van der Waals surface area contributed by atoms with E-state index >= 15 is 0 Å². The second-order valence-corrected chi connectivity index (χ2v) is 6.04. The van der Waals surface area contributed by atoms with Crippen molar-refractivity contribution in [3.63, 3.8) is 0 Å². The molecule has 0 amide bonds. The van der Waals surface area contributed by atoms with Crippen LogP contribution in [0.5, 0.6) is 0 Å². The maximum atomic E-state index is 11.8. The molecule has 3 N–H and O–H groups in total. The third-order valence-corrected chi connectivity index (χ3v) is 4.80. The summed E-state index contributed by atoms with van der Waals surface area (Å²) in [7, 11) is 0.758. The van der Waals surface area contributed by atoms with Crippen molar-refractivity contribution in [3.8, 4) is 0 Å². The summed E-state index contributed by atoms with van der Waals surface area (Å²) >= 11 is 0. The molecule has 5 heteroatoms. The van der Waals surface area contributed by atoms with Gasteiger partial charge in [-0.2, -0.15) is 0 Å². The molecule has 1 fully saturated rings. The summed E-state index contributed by atoms with van der Waals surface area (Å²) in [6.07, 6.45) is 6.02. The average Bonchev–Trinajstić information content (AvgIpc) is 2.18. The van der Waals surface area contributed by atoms with E-state index < -0.39 is 7.59 Å². The normalized spacial score (nSPS) is 24.6. The molecule has 1 atom stereocenters. The predicted octanol–water partition coefficient (Wildman–Crippen LogP) is 1.54. The second kappa shape index (κ2) is 4.56. The van der Waals surface area contributed by atoms with Crippen molar-refractivity contribution in [1.29, 1.82) is 0 Å². The molecule has 1 saturated carbocycles. The summed E-state index contributed by atoms with van der Waals surface area (Å²) in [6.45, 7) is 0. The molecule has 1 unspecified atom stereocenters. The van der Waals surface area contributed by atoms with Gasteiger partial charge in [0.05, 0.1) is 0 Å². The highest BCUT2D eigenvalue weighted by Gasteiger charge is 2.28. The Morgan fingerprint density at radius 1 is 1.38 bits per heavy atom. The fraction of sp³-hybridized carbons (Fsp3) is 1.00. The summed E-state index contributed by atoms with van der Waals surface area (Å²) in [5, 5.41) is 2.70. The van der Waals surface area contributed by atoms with Crippen LogP contribution in [0.25, 0.3) is 0 Å². The molecule has 0 aromatic heterocycles. The maximum Gasteiger partial charge on any atom is 0.278 e. The average molecular weight is 205 g/mol. The van der Waals surface area contributed by atoms with Crippen LogP contribution in [0.15, 0.2) is 0 Å². The van der Waals surface area contributed by atoms with Crippen molar-refractivity contribution >= 4 is 7.59 Å². The van der Waals surface area contributed by atoms with Crippen LogP contribution in [0, 0.1) is 0 Å². The lowest BCUT2D eigenvalue weighted by Crippen LogP contribution is -2.37. The van der Waals surface area contributed by atoms with Crippen molar-refractivity contribution in [2.45, 2.75) is 38.1 Å². The van der Waals surface area contributed by atoms with Gasteiger partial charge in [0.25, 0.3) is 7.59 Å². The minimum Gasteiger partial charge on any atom is -0.271 e. The van der Waals surface area contributed by atoms with Gasteiger partial charge in [0.1, 0.15) is 0 Å². The molecule has 0 aliphatic heterocycles. The molecule has 0 heterocycles. The summed E-state index contributed by atoms with van der Waals surface area (Å²) in [4.78, 5) is 0. The van der Waals surface area contributed by atoms with E-state index in [4.69, 9.17) is 5.50 Å². The SMILES string of the molecule is CNP(N)(=O)N(C)C1CCCCC1. The minimum absolute atomic E-state index is 0.400. The quantitative estimate of drug-likeness (QED) is 0.686. The van der Waals surface area contributed by atoms with Crippen molar-refractivity contribution in [1.82, 2.24) is 9.76 Å².